The Labute approximate surface area is 139 Å². The molecule has 0 aliphatic rings. The van der Waals surface area contributed by atoms with Crippen molar-refractivity contribution in [3.63, 3.8) is 0 Å². The second-order valence-electron chi connectivity index (χ2n) is 4.97. The van der Waals surface area contributed by atoms with E-state index in [9.17, 15) is 9.36 Å². The van der Waals surface area contributed by atoms with E-state index in [0.29, 0.717) is 5.75 Å². The summed E-state index contributed by atoms with van der Waals surface area (Å²) in [5.41, 5.74) is 0. The van der Waals surface area contributed by atoms with Crippen molar-refractivity contribution >= 4 is 29.4 Å². The fraction of sp³-hybridized carbons (Fsp3) is 0.500. The molecule has 0 radical (unpaired) electrons. The molecule has 1 rings (SSSR count). The van der Waals surface area contributed by atoms with Crippen LogP contribution in [-0.4, -0.2) is 31.6 Å². The molecule has 0 saturated carbocycles. The molecule has 1 N–H and O–H groups in total. The van der Waals surface area contributed by atoms with Gasteiger partial charge in [-0.2, -0.15) is 0 Å². The molecule has 0 aliphatic carbocycles. The van der Waals surface area contributed by atoms with Crippen LogP contribution in [0.25, 0.3) is 0 Å². The van der Waals surface area contributed by atoms with Crippen molar-refractivity contribution in [3.05, 3.63) is 28.7 Å². The lowest BCUT2D eigenvalue weighted by molar-refractivity contribution is -0.149. The van der Waals surface area contributed by atoms with Gasteiger partial charge in [0.2, 0.25) is 0 Å². The second kappa shape index (κ2) is 8.67. The summed E-state index contributed by atoms with van der Waals surface area (Å²) in [6.45, 7) is 5.06. The van der Waals surface area contributed by atoms with Crippen LogP contribution < -0.4 is 9.61 Å². The number of hydrogen-bond donors (Lipinski definition) is 1. The molecule has 22 heavy (non-hydrogen) atoms. The monoisotopic (exact) mass is 393 g/mol. The molecule has 8 heteroatoms. The van der Waals surface area contributed by atoms with Gasteiger partial charge in [-0.25, -0.2) is 5.09 Å². The van der Waals surface area contributed by atoms with Gasteiger partial charge in [0.05, 0.1) is 6.10 Å². The van der Waals surface area contributed by atoms with Crippen molar-refractivity contribution < 1.29 is 23.4 Å². The zero-order chi connectivity index (χ0) is 16.8. The van der Waals surface area contributed by atoms with Crippen LogP contribution >= 0.6 is 23.4 Å². The molecule has 0 heterocycles. The molecule has 124 valence electrons. The van der Waals surface area contributed by atoms with Gasteiger partial charge in [0.25, 0.3) is 0 Å². The molecule has 0 amide bonds. The van der Waals surface area contributed by atoms with Crippen molar-refractivity contribution in [2.75, 3.05) is 13.5 Å². The number of halogens is 1. The fourth-order valence-electron chi connectivity index (χ4n) is 1.61. The summed E-state index contributed by atoms with van der Waals surface area (Å²) in [6, 6.07) is 6.10. The number of hydrogen-bond acceptors (Lipinski definition) is 5. The molecule has 0 aliphatic heterocycles. The van der Waals surface area contributed by atoms with Crippen molar-refractivity contribution in [3.8, 4) is 5.75 Å². The molecular formula is C14H21BrNO5P. The van der Waals surface area contributed by atoms with Crippen molar-refractivity contribution in [1.29, 1.82) is 0 Å². The molecule has 1 unspecified atom stereocenters. The normalized spacial score (nSPS) is 15.2. The van der Waals surface area contributed by atoms with Crippen molar-refractivity contribution in [2.24, 2.45) is 0 Å². The molecule has 0 aromatic heterocycles. The van der Waals surface area contributed by atoms with Gasteiger partial charge in [0.1, 0.15) is 18.1 Å². The maximum atomic E-state index is 12.8. The van der Waals surface area contributed by atoms with Gasteiger partial charge in [-0.15, -0.1) is 0 Å². The quantitative estimate of drug-likeness (QED) is 0.537. The number of methoxy groups -OCH3 is 1. The minimum absolute atomic E-state index is 0.164. The molecule has 0 spiro atoms. The summed E-state index contributed by atoms with van der Waals surface area (Å²) < 4.78 is 29.2. The molecule has 1 aromatic rings. The van der Waals surface area contributed by atoms with Gasteiger partial charge in [0, 0.05) is 11.6 Å². The Kier molecular flexibility index (Phi) is 7.56. The maximum Gasteiger partial charge on any atom is 0.342 e. The van der Waals surface area contributed by atoms with Crippen LogP contribution in [-0.2, 0) is 18.8 Å². The van der Waals surface area contributed by atoms with Crippen LogP contribution in [0.2, 0.25) is 0 Å². The number of esters is 1. The van der Waals surface area contributed by atoms with Crippen LogP contribution in [0.3, 0.4) is 0 Å². The standard InChI is InChI=1S/C14H21BrNO5P/c1-10(2)20-14(17)11(3)16-22(18,9-19-4)21-13-7-5-12(15)6-8-13/h5-8,10-11H,9H2,1-4H3,(H,16,18)/t11-,22?/m0/s1. The number of nitrogens with one attached hydrogen (secondary N) is 1. The van der Waals surface area contributed by atoms with Crippen molar-refractivity contribution in [2.45, 2.75) is 32.9 Å². The Hall–Kier alpha value is -0.880. The summed E-state index contributed by atoms with van der Waals surface area (Å²) >= 11 is 3.31. The SMILES string of the molecule is COCP(=O)(N[C@@H](C)C(=O)OC(C)C)Oc1ccc(Br)cc1. The second-order valence-corrected chi connectivity index (χ2v) is 7.93. The Morgan fingerprint density at radius 1 is 1.27 bits per heavy atom. The maximum absolute atomic E-state index is 12.8. The largest absolute Gasteiger partial charge is 0.462 e. The van der Waals surface area contributed by atoms with Gasteiger partial charge in [-0.05, 0) is 45.0 Å². The van der Waals surface area contributed by atoms with E-state index >= 15 is 0 Å². The molecule has 2 atom stereocenters. The lowest BCUT2D eigenvalue weighted by Crippen LogP contribution is -2.36. The molecule has 6 nitrogen and oxygen atoms in total. The van der Waals surface area contributed by atoms with E-state index < -0.39 is 19.5 Å². The zero-order valence-corrected chi connectivity index (χ0v) is 15.5. The van der Waals surface area contributed by atoms with E-state index in [2.05, 4.69) is 21.0 Å². The third kappa shape index (κ3) is 6.48. The van der Waals surface area contributed by atoms with Crippen LogP contribution in [0.5, 0.6) is 5.75 Å². The van der Waals surface area contributed by atoms with Crippen LogP contribution in [0.4, 0.5) is 0 Å². The summed E-state index contributed by atoms with van der Waals surface area (Å²) in [4.78, 5) is 11.8. The topological polar surface area (TPSA) is 73.9 Å². The fourth-order valence-corrected chi connectivity index (χ4v) is 3.55. The predicted molar refractivity (Wildman–Crippen MR) is 88.1 cm³/mol. The average Bonchev–Trinajstić information content (AvgIpc) is 2.40. The lowest BCUT2D eigenvalue weighted by Gasteiger charge is -2.23. The first kappa shape index (κ1) is 19.2. The highest BCUT2D eigenvalue weighted by Gasteiger charge is 2.30. The third-order valence-electron chi connectivity index (χ3n) is 2.46. The van der Waals surface area contributed by atoms with E-state index in [0.717, 1.165) is 4.47 Å². The lowest BCUT2D eigenvalue weighted by atomic mass is 10.3. The number of carbonyl (C=O) groups is 1. The first-order chi connectivity index (χ1) is 10.3. The highest BCUT2D eigenvalue weighted by molar-refractivity contribution is 9.10. The van der Waals surface area contributed by atoms with E-state index in [1.807, 2.05) is 0 Å². The zero-order valence-electron chi connectivity index (χ0n) is 13.0. The Morgan fingerprint density at radius 2 is 1.86 bits per heavy atom. The van der Waals surface area contributed by atoms with Crippen molar-refractivity contribution in [1.82, 2.24) is 5.09 Å². The van der Waals surface area contributed by atoms with Gasteiger partial charge < -0.3 is 14.0 Å². The van der Waals surface area contributed by atoms with Gasteiger partial charge in [0.15, 0.2) is 0 Å². The molecule has 0 fully saturated rings. The van der Waals surface area contributed by atoms with Crippen LogP contribution in [0.15, 0.2) is 28.7 Å². The third-order valence-corrected chi connectivity index (χ3v) is 4.87. The number of rotatable bonds is 8. The Bertz CT molecular complexity index is 535. The summed E-state index contributed by atoms with van der Waals surface area (Å²) in [5.74, 6) is -0.0776. The highest BCUT2D eigenvalue weighted by Crippen LogP contribution is 2.43. The number of ether oxygens (including phenoxy) is 2. The Balaban J connectivity index is 2.79. The molecular weight excluding hydrogens is 373 g/mol. The van der Waals surface area contributed by atoms with Crippen LogP contribution in [0.1, 0.15) is 20.8 Å². The first-order valence-corrected chi connectivity index (χ1v) is 9.37. The number of benzene rings is 1. The minimum Gasteiger partial charge on any atom is -0.462 e. The van der Waals surface area contributed by atoms with Gasteiger partial charge >= 0.3 is 13.5 Å². The molecule has 1 aromatic carbocycles. The average molecular weight is 394 g/mol. The van der Waals surface area contributed by atoms with Crippen LogP contribution in [0, 0.1) is 0 Å². The van der Waals surface area contributed by atoms with E-state index in [1.165, 1.54) is 7.11 Å². The summed E-state index contributed by atoms with van der Waals surface area (Å²) in [5, 5.41) is 2.68. The highest BCUT2D eigenvalue weighted by atomic mass is 79.9. The summed E-state index contributed by atoms with van der Waals surface area (Å²) in [7, 11) is -1.99. The predicted octanol–water partition coefficient (Wildman–Crippen LogP) is 3.55. The first-order valence-electron chi connectivity index (χ1n) is 6.77. The smallest absolute Gasteiger partial charge is 0.342 e. The van der Waals surface area contributed by atoms with E-state index in [1.54, 1.807) is 45.0 Å². The van der Waals surface area contributed by atoms with Gasteiger partial charge in [-0.3, -0.25) is 9.36 Å². The van der Waals surface area contributed by atoms with E-state index in [-0.39, 0.29) is 12.5 Å². The molecule has 0 saturated heterocycles. The number of carbonyl (C=O) groups excluding carboxylic acids is 1. The minimum atomic E-state index is -3.40. The molecule has 0 bridgehead atoms. The van der Waals surface area contributed by atoms with E-state index in [4.69, 9.17) is 14.0 Å². The summed E-state index contributed by atoms with van der Waals surface area (Å²) in [6.07, 6.45) is -0.409. The Morgan fingerprint density at radius 3 is 2.36 bits per heavy atom. The van der Waals surface area contributed by atoms with Gasteiger partial charge in [-0.1, -0.05) is 15.9 Å².